The van der Waals surface area contributed by atoms with Gasteiger partial charge in [-0.3, -0.25) is 10.1 Å². The Bertz CT molecular complexity index is 312. The summed E-state index contributed by atoms with van der Waals surface area (Å²) in [5.41, 5.74) is 11.5. The number of benzene rings is 1. The number of nitrogen functional groups attached to an aromatic ring is 1. The SMILES string of the molecule is NCc1c(N)cccc1[N+](=O)[O-]. The van der Waals surface area contributed by atoms with Crippen LogP contribution in [-0.4, -0.2) is 4.92 Å². The van der Waals surface area contributed by atoms with Crippen LogP contribution in [0.25, 0.3) is 0 Å². The van der Waals surface area contributed by atoms with Gasteiger partial charge in [0.05, 0.1) is 10.5 Å². The van der Waals surface area contributed by atoms with Gasteiger partial charge >= 0.3 is 0 Å². The molecular formula is C7H9N3O2. The number of nitrogens with zero attached hydrogens (tertiary/aromatic N) is 1. The Morgan fingerprint density at radius 1 is 1.50 bits per heavy atom. The fraction of sp³-hybridized carbons (Fsp3) is 0.143. The molecule has 0 bridgehead atoms. The number of hydrogen-bond donors (Lipinski definition) is 2. The smallest absolute Gasteiger partial charge is 0.275 e. The highest BCUT2D eigenvalue weighted by atomic mass is 16.6. The van der Waals surface area contributed by atoms with Crippen molar-refractivity contribution < 1.29 is 4.92 Å². The van der Waals surface area contributed by atoms with Gasteiger partial charge in [0.2, 0.25) is 0 Å². The molecule has 0 saturated heterocycles. The van der Waals surface area contributed by atoms with Crippen LogP contribution in [0.15, 0.2) is 18.2 Å². The molecule has 1 aromatic rings. The van der Waals surface area contributed by atoms with Gasteiger partial charge in [-0.2, -0.15) is 0 Å². The maximum absolute atomic E-state index is 10.4. The van der Waals surface area contributed by atoms with Crippen molar-refractivity contribution >= 4 is 11.4 Å². The van der Waals surface area contributed by atoms with Crippen LogP contribution in [-0.2, 0) is 6.54 Å². The van der Waals surface area contributed by atoms with Crippen LogP contribution in [0.2, 0.25) is 0 Å². The summed E-state index contributed by atoms with van der Waals surface area (Å²) in [4.78, 5) is 9.94. The maximum Gasteiger partial charge on any atom is 0.275 e. The van der Waals surface area contributed by atoms with Gasteiger partial charge in [-0.1, -0.05) is 6.07 Å². The molecule has 0 unspecified atom stereocenters. The molecule has 0 saturated carbocycles. The molecule has 0 spiro atoms. The third-order valence-electron chi connectivity index (χ3n) is 1.59. The Kier molecular flexibility index (Phi) is 2.25. The standard InChI is InChI=1S/C7H9N3O2/c8-4-5-6(9)2-1-3-7(5)10(11)12/h1-3H,4,8-9H2. The normalized spacial score (nSPS) is 9.75. The average Bonchev–Trinajstić information content (AvgIpc) is 2.03. The van der Waals surface area contributed by atoms with Crippen LogP contribution in [0.1, 0.15) is 5.56 Å². The van der Waals surface area contributed by atoms with Crippen LogP contribution in [0.5, 0.6) is 0 Å². The van der Waals surface area contributed by atoms with E-state index in [4.69, 9.17) is 11.5 Å². The van der Waals surface area contributed by atoms with Crippen LogP contribution in [0, 0.1) is 10.1 Å². The minimum atomic E-state index is -0.488. The lowest BCUT2D eigenvalue weighted by atomic mass is 10.1. The third kappa shape index (κ3) is 1.35. The number of nitro benzene ring substituents is 1. The molecule has 64 valence electrons. The summed E-state index contributed by atoms with van der Waals surface area (Å²) in [7, 11) is 0. The molecule has 5 nitrogen and oxygen atoms in total. The van der Waals surface area contributed by atoms with Gasteiger partial charge in [-0.05, 0) is 6.07 Å². The fourth-order valence-electron chi connectivity index (χ4n) is 0.985. The maximum atomic E-state index is 10.4. The molecule has 5 heteroatoms. The summed E-state index contributed by atoms with van der Waals surface area (Å²) in [6, 6.07) is 4.51. The van der Waals surface area contributed by atoms with Gasteiger partial charge in [-0.25, -0.2) is 0 Å². The minimum absolute atomic E-state index is 0.0162. The zero-order chi connectivity index (χ0) is 9.14. The van der Waals surface area contributed by atoms with Gasteiger partial charge in [0.1, 0.15) is 0 Å². The highest BCUT2D eigenvalue weighted by Gasteiger charge is 2.13. The van der Waals surface area contributed by atoms with E-state index in [9.17, 15) is 10.1 Å². The number of hydrogen-bond acceptors (Lipinski definition) is 4. The van der Waals surface area contributed by atoms with Gasteiger partial charge in [0.15, 0.2) is 0 Å². The number of nitrogens with two attached hydrogens (primary N) is 2. The van der Waals surface area contributed by atoms with Crippen LogP contribution >= 0.6 is 0 Å². The van der Waals surface area contributed by atoms with Gasteiger partial charge < -0.3 is 11.5 Å². The van der Waals surface area contributed by atoms with E-state index in [2.05, 4.69) is 0 Å². The second-order valence-electron chi connectivity index (χ2n) is 2.31. The Morgan fingerprint density at radius 2 is 2.17 bits per heavy atom. The van der Waals surface area contributed by atoms with Crippen molar-refractivity contribution in [2.75, 3.05) is 5.73 Å². The van der Waals surface area contributed by atoms with Crippen LogP contribution < -0.4 is 11.5 Å². The Balaban J connectivity index is 3.27. The first-order valence-electron chi connectivity index (χ1n) is 3.38. The van der Waals surface area contributed by atoms with E-state index in [-0.39, 0.29) is 12.2 Å². The molecule has 0 aromatic heterocycles. The molecule has 1 aromatic carbocycles. The highest BCUT2D eigenvalue weighted by Crippen LogP contribution is 2.22. The summed E-state index contributed by atoms with van der Waals surface area (Å²) in [5, 5.41) is 10.4. The van der Waals surface area contributed by atoms with E-state index >= 15 is 0 Å². The second-order valence-corrected chi connectivity index (χ2v) is 2.31. The summed E-state index contributed by atoms with van der Waals surface area (Å²) >= 11 is 0. The summed E-state index contributed by atoms with van der Waals surface area (Å²) in [6.07, 6.45) is 0. The average molecular weight is 167 g/mol. The first-order chi connectivity index (χ1) is 5.66. The van der Waals surface area contributed by atoms with Gasteiger partial charge in [0, 0.05) is 18.3 Å². The molecule has 4 N–H and O–H groups in total. The fourth-order valence-corrected chi connectivity index (χ4v) is 0.985. The molecule has 0 heterocycles. The van der Waals surface area contributed by atoms with E-state index in [1.807, 2.05) is 0 Å². The predicted molar refractivity (Wildman–Crippen MR) is 45.4 cm³/mol. The van der Waals surface area contributed by atoms with Gasteiger partial charge in [-0.15, -0.1) is 0 Å². The third-order valence-corrected chi connectivity index (χ3v) is 1.59. The van der Waals surface area contributed by atoms with Crippen LogP contribution in [0.3, 0.4) is 0 Å². The van der Waals surface area contributed by atoms with E-state index in [1.54, 1.807) is 6.07 Å². The molecule has 0 radical (unpaired) electrons. The number of rotatable bonds is 2. The monoisotopic (exact) mass is 167 g/mol. The summed E-state index contributed by atoms with van der Waals surface area (Å²) in [5.74, 6) is 0. The molecule has 0 aliphatic rings. The largest absolute Gasteiger partial charge is 0.398 e. The summed E-state index contributed by atoms with van der Waals surface area (Å²) < 4.78 is 0. The lowest BCUT2D eigenvalue weighted by Gasteiger charge is -2.02. The van der Waals surface area contributed by atoms with E-state index in [1.165, 1.54) is 12.1 Å². The molecule has 12 heavy (non-hydrogen) atoms. The molecule has 0 atom stereocenters. The minimum Gasteiger partial charge on any atom is -0.398 e. The van der Waals surface area contributed by atoms with Crippen molar-refractivity contribution in [3.8, 4) is 0 Å². The Morgan fingerprint density at radius 3 is 2.58 bits per heavy atom. The first kappa shape index (κ1) is 8.48. The lowest BCUT2D eigenvalue weighted by molar-refractivity contribution is -0.385. The topological polar surface area (TPSA) is 95.2 Å². The van der Waals surface area contributed by atoms with Crippen molar-refractivity contribution in [2.24, 2.45) is 5.73 Å². The van der Waals surface area contributed by atoms with Gasteiger partial charge in [0.25, 0.3) is 5.69 Å². The molecule has 0 fully saturated rings. The predicted octanol–water partition coefficient (Wildman–Crippen LogP) is 0.636. The Hall–Kier alpha value is -1.62. The van der Waals surface area contributed by atoms with Crippen molar-refractivity contribution in [1.82, 2.24) is 0 Å². The first-order valence-corrected chi connectivity index (χ1v) is 3.38. The zero-order valence-corrected chi connectivity index (χ0v) is 6.36. The zero-order valence-electron chi connectivity index (χ0n) is 6.36. The van der Waals surface area contributed by atoms with E-state index < -0.39 is 4.92 Å². The second kappa shape index (κ2) is 3.19. The number of anilines is 1. The quantitative estimate of drug-likeness (QED) is 0.383. The van der Waals surface area contributed by atoms with Crippen molar-refractivity contribution in [3.05, 3.63) is 33.9 Å². The lowest BCUT2D eigenvalue weighted by Crippen LogP contribution is -2.05. The van der Waals surface area contributed by atoms with Crippen molar-refractivity contribution in [1.29, 1.82) is 0 Å². The molecule has 1 rings (SSSR count). The van der Waals surface area contributed by atoms with Crippen molar-refractivity contribution in [3.63, 3.8) is 0 Å². The molecule has 0 amide bonds. The molecule has 0 aliphatic carbocycles. The molecule has 0 aliphatic heterocycles. The van der Waals surface area contributed by atoms with E-state index in [0.29, 0.717) is 11.3 Å². The van der Waals surface area contributed by atoms with Crippen molar-refractivity contribution in [2.45, 2.75) is 6.54 Å². The van der Waals surface area contributed by atoms with Crippen LogP contribution in [0.4, 0.5) is 11.4 Å². The highest BCUT2D eigenvalue weighted by molar-refractivity contribution is 5.57. The Labute approximate surface area is 69.1 Å². The van der Waals surface area contributed by atoms with E-state index in [0.717, 1.165) is 0 Å². The molecular weight excluding hydrogens is 158 g/mol. The number of nitro groups is 1. The summed E-state index contributed by atoms with van der Waals surface area (Å²) in [6.45, 7) is 0.0863.